The van der Waals surface area contributed by atoms with Crippen LogP contribution in [0.1, 0.15) is 13.8 Å². The summed E-state index contributed by atoms with van der Waals surface area (Å²) in [5, 5.41) is 9.23. The molecule has 0 amide bonds. The van der Waals surface area contributed by atoms with Crippen LogP contribution in [0.15, 0.2) is 56.6 Å². The van der Waals surface area contributed by atoms with Crippen LogP contribution in [0.2, 0.25) is 0 Å². The number of hydrogen-bond donors (Lipinski definition) is 2. The lowest BCUT2D eigenvalue weighted by atomic mass is 10.1. The Morgan fingerprint density at radius 2 is 1.89 bits per heavy atom. The standard InChI is InChI=1S/C18H17FN2O4S3/c1-10(2)16(17(22)23)21-28(24,25)13-7-8-14-15(9-13)27-18(20-14)26-12-5-3-11(19)4-6-12/h3-10,16,21H,1-2H3,(H,22,23)/t16-/m1/s1. The SMILES string of the molecule is CC(C)[C@@H](NS(=O)(=O)c1ccc2nc(Sc3ccc(F)cc3)sc2c1)C(=O)O. The van der Waals surface area contributed by atoms with Crippen molar-refractivity contribution in [1.82, 2.24) is 9.71 Å². The molecule has 0 radical (unpaired) electrons. The molecule has 0 fully saturated rings. The van der Waals surface area contributed by atoms with Crippen LogP contribution < -0.4 is 4.72 Å². The van der Waals surface area contributed by atoms with Crippen molar-refractivity contribution in [2.45, 2.75) is 34.0 Å². The van der Waals surface area contributed by atoms with Crippen LogP contribution in [-0.4, -0.2) is 30.5 Å². The summed E-state index contributed by atoms with van der Waals surface area (Å²) >= 11 is 2.66. The molecule has 0 aliphatic carbocycles. The lowest BCUT2D eigenvalue weighted by Crippen LogP contribution is -2.44. The van der Waals surface area contributed by atoms with Gasteiger partial charge in [-0.25, -0.2) is 17.8 Å². The van der Waals surface area contributed by atoms with Gasteiger partial charge in [-0.3, -0.25) is 4.79 Å². The highest BCUT2D eigenvalue weighted by Crippen LogP contribution is 2.35. The fourth-order valence-corrected chi connectivity index (χ4v) is 5.92. The Morgan fingerprint density at radius 3 is 2.50 bits per heavy atom. The van der Waals surface area contributed by atoms with E-state index in [2.05, 4.69) is 9.71 Å². The second-order valence-electron chi connectivity index (χ2n) is 6.35. The molecule has 28 heavy (non-hydrogen) atoms. The summed E-state index contributed by atoms with van der Waals surface area (Å²) in [7, 11) is -4.00. The number of aromatic nitrogens is 1. The molecule has 2 aromatic carbocycles. The number of hydrogen-bond acceptors (Lipinski definition) is 6. The number of carboxylic acid groups (broad SMARTS) is 1. The average Bonchev–Trinajstić information content (AvgIpc) is 3.02. The van der Waals surface area contributed by atoms with Gasteiger partial charge in [0.25, 0.3) is 0 Å². The maximum absolute atomic E-state index is 13.0. The summed E-state index contributed by atoms with van der Waals surface area (Å²) in [4.78, 5) is 16.5. The highest BCUT2D eigenvalue weighted by Gasteiger charge is 2.28. The van der Waals surface area contributed by atoms with E-state index in [1.54, 1.807) is 32.0 Å². The summed E-state index contributed by atoms with van der Waals surface area (Å²) in [6.45, 7) is 3.26. The topological polar surface area (TPSA) is 96.4 Å². The quantitative estimate of drug-likeness (QED) is 0.577. The largest absolute Gasteiger partial charge is 0.480 e. The molecule has 1 aromatic heterocycles. The predicted octanol–water partition coefficient (Wildman–Crippen LogP) is 3.97. The highest BCUT2D eigenvalue weighted by atomic mass is 32.2. The zero-order valence-electron chi connectivity index (χ0n) is 14.9. The van der Waals surface area contributed by atoms with E-state index in [1.165, 1.54) is 47.4 Å². The van der Waals surface area contributed by atoms with Crippen molar-refractivity contribution in [3.8, 4) is 0 Å². The van der Waals surface area contributed by atoms with Crippen molar-refractivity contribution in [3.05, 3.63) is 48.3 Å². The maximum atomic E-state index is 13.0. The Balaban J connectivity index is 1.87. The molecule has 0 saturated heterocycles. The van der Waals surface area contributed by atoms with Crippen molar-refractivity contribution >= 4 is 49.3 Å². The minimum absolute atomic E-state index is 0.0196. The normalized spacial score (nSPS) is 13.1. The molecule has 0 saturated carbocycles. The van der Waals surface area contributed by atoms with Crippen LogP contribution in [0.4, 0.5) is 4.39 Å². The summed E-state index contributed by atoms with van der Waals surface area (Å²) in [6.07, 6.45) is 0. The fourth-order valence-electron chi connectivity index (χ4n) is 2.40. The number of thiazole rings is 1. The third-order valence-electron chi connectivity index (χ3n) is 3.88. The lowest BCUT2D eigenvalue weighted by molar-refractivity contribution is -0.140. The molecule has 10 heteroatoms. The molecular formula is C18H17FN2O4S3. The molecule has 148 valence electrons. The van der Waals surface area contributed by atoms with Crippen molar-refractivity contribution in [3.63, 3.8) is 0 Å². The summed E-state index contributed by atoms with van der Waals surface area (Å²) in [5.74, 6) is -1.95. The van der Waals surface area contributed by atoms with Crippen molar-refractivity contribution < 1.29 is 22.7 Å². The van der Waals surface area contributed by atoms with Gasteiger partial charge >= 0.3 is 5.97 Å². The molecule has 0 aliphatic heterocycles. The summed E-state index contributed by atoms with van der Waals surface area (Å²) in [5.41, 5.74) is 0.632. The van der Waals surface area contributed by atoms with Gasteiger partial charge in [0, 0.05) is 4.90 Å². The van der Waals surface area contributed by atoms with Crippen LogP contribution in [0.25, 0.3) is 10.2 Å². The van der Waals surface area contributed by atoms with Gasteiger partial charge in [-0.05, 0) is 48.4 Å². The van der Waals surface area contributed by atoms with E-state index >= 15 is 0 Å². The Hall–Kier alpha value is -2.01. The Bertz CT molecular complexity index is 1110. The number of carboxylic acids is 1. The second kappa shape index (κ2) is 8.16. The summed E-state index contributed by atoms with van der Waals surface area (Å²) < 4.78 is 41.8. The van der Waals surface area contributed by atoms with Gasteiger partial charge in [-0.15, -0.1) is 11.3 Å². The molecule has 6 nitrogen and oxygen atoms in total. The van der Waals surface area contributed by atoms with Gasteiger partial charge in [0.1, 0.15) is 11.9 Å². The van der Waals surface area contributed by atoms with Crippen LogP contribution in [0, 0.1) is 11.7 Å². The molecule has 1 atom stereocenters. The zero-order valence-corrected chi connectivity index (χ0v) is 17.4. The number of fused-ring (bicyclic) bond motifs is 1. The van der Waals surface area contributed by atoms with Gasteiger partial charge in [-0.1, -0.05) is 25.6 Å². The smallest absolute Gasteiger partial charge is 0.322 e. The minimum atomic E-state index is -4.00. The highest BCUT2D eigenvalue weighted by molar-refractivity contribution is 8.01. The number of halogens is 1. The molecule has 0 spiro atoms. The van der Waals surface area contributed by atoms with Crippen molar-refractivity contribution in [2.75, 3.05) is 0 Å². The van der Waals surface area contributed by atoms with Gasteiger partial charge in [-0.2, -0.15) is 4.72 Å². The van der Waals surface area contributed by atoms with Crippen LogP contribution >= 0.6 is 23.1 Å². The first-order valence-corrected chi connectivity index (χ1v) is 11.4. The number of sulfonamides is 1. The molecule has 1 heterocycles. The number of benzene rings is 2. The van der Waals surface area contributed by atoms with E-state index in [-0.39, 0.29) is 10.7 Å². The van der Waals surface area contributed by atoms with Gasteiger partial charge in [0.2, 0.25) is 10.0 Å². The molecule has 3 aromatic rings. The summed E-state index contributed by atoms with van der Waals surface area (Å²) in [6, 6.07) is 9.25. The Kier molecular flexibility index (Phi) is 6.04. The maximum Gasteiger partial charge on any atom is 0.322 e. The Labute approximate surface area is 169 Å². The predicted molar refractivity (Wildman–Crippen MR) is 107 cm³/mol. The van der Waals surface area contributed by atoms with E-state index < -0.39 is 28.0 Å². The van der Waals surface area contributed by atoms with Crippen molar-refractivity contribution in [1.29, 1.82) is 0 Å². The number of nitrogens with one attached hydrogen (secondary N) is 1. The van der Waals surface area contributed by atoms with E-state index in [4.69, 9.17) is 0 Å². The first kappa shape index (κ1) is 20.7. The molecule has 3 rings (SSSR count). The third-order valence-corrected chi connectivity index (χ3v) is 7.41. The molecule has 0 bridgehead atoms. The molecule has 2 N–H and O–H groups in total. The van der Waals surface area contributed by atoms with E-state index in [1.807, 2.05) is 0 Å². The minimum Gasteiger partial charge on any atom is -0.480 e. The van der Waals surface area contributed by atoms with Gasteiger partial charge in [0.15, 0.2) is 4.34 Å². The van der Waals surface area contributed by atoms with Crippen LogP contribution in [-0.2, 0) is 14.8 Å². The third kappa shape index (κ3) is 4.69. The Morgan fingerprint density at radius 1 is 1.21 bits per heavy atom. The van der Waals surface area contributed by atoms with E-state index in [0.29, 0.717) is 14.6 Å². The fraction of sp³-hybridized carbons (Fsp3) is 0.222. The molecule has 0 unspecified atom stereocenters. The van der Waals surface area contributed by atoms with E-state index in [9.17, 15) is 22.7 Å². The zero-order chi connectivity index (χ0) is 20.5. The average molecular weight is 441 g/mol. The first-order chi connectivity index (χ1) is 13.2. The molecule has 0 aliphatic rings. The monoisotopic (exact) mass is 440 g/mol. The first-order valence-electron chi connectivity index (χ1n) is 8.25. The lowest BCUT2D eigenvalue weighted by Gasteiger charge is -2.17. The number of nitrogens with zero attached hydrogens (tertiary/aromatic N) is 1. The number of rotatable bonds is 7. The second-order valence-corrected chi connectivity index (χ2v) is 10.4. The number of carbonyl (C=O) groups is 1. The van der Waals surface area contributed by atoms with E-state index in [0.717, 1.165) is 4.90 Å². The molecular weight excluding hydrogens is 423 g/mol. The van der Waals surface area contributed by atoms with Gasteiger partial charge < -0.3 is 5.11 Å². The van der Waals surface area contributed by atoms with Gasteiger partial charge in [0.05, 0.1) is 15.1 Å². The number of aliphatic carboxylic acids is 1. The van der Waals surface area contributed by atoms with Crippen LogP contribution in [0.3, 0.4) is 0 Å². The van der Waals surface area contributed by atoms with Crippen LogP contribution in [0.5, 0.6) is 0 Å². The van der Waals surface area contributed by atoms with Crippen molar-refractivity contribution in [2.24, 2.45) is 5.92 Å².